The Hall–Kier alpha value is -2.92. The second-order valence-corrected chi connectivity index (χ2v) is 7.31. The number of carbonyl (C=O) groups excluding carboxylic acids is 1. The normalized spacial score (nSPS) is 17.5. The van der Waals surface area contributed by atoms with E-state index >= 15 is 0 Å². The number of aryl methyl sites for hydroxylation is 1. The molecule has 0 radical (unpaired) electrons. The lowest BCUT2D eigenvalue weighted by Crippen LogP contribution is -2.53. The number of piperazine rings is 1. The Morgan fingerprint density at radius 1 is 1.21 bits per heavy atom. The van der Waals surface area contributed by atoms with E-state index in [4.69, 9.17) is 9.72 Å². The highest BCUT2D eigenvalue weighted by Crippen LogP contribution is 2.30. The molecule has 1 saturated heterocycles. The van der Waals surface area contributed by atoms with Crippen LogP contribution in [0.25, 0.3) is 22.2 Å². The first-order valence-corrected chi connectivity index (χ1v) is 9.62. The maximum Gasteiger partial charge on any atom is 0.237 e. The van der Waals surface area contributed by atoms with Crippen molar-refractivity contribution in [2.45, 2.75) is 26.4 Å². The molecule has 2 heterocycles. The van der Waals surface area contributed by atoms with Crippen molar-refractivity contribution < 1.29 is 9.53 Å². The molecule has 1 aliphatic heterocycles. The summed E-state index contributed by atoms with van der Waals surface area (Å²) in [5.41, 5.74) is 5.31. The molecule has 5 nitrogen and oxygen atoms in total. The molecule has 1 atom stereocenters. The minimum atomic E-state index is -0.148. The molecule has 1 fully saturated rings. The van der Waals surface area contributed by atoms with E-state index in [-0.39, 0.29) is 11.9 Å². The Bertz CT molecular complexity index is 1010. The zero-order valence-corrected chi connectivity index (χ0v) is 16.5. The summed E-state index contributed by atoms with van der Waals surface area (Å²) in [6.07, 6.45) is 0. The van der Waals surface area contributed by atoms with Gasteiger partial charge in [-0.2, -0.15) is 0 Å². The molecule has 0 aliphatic carbocycles. The first-order valence-electron chi connectivity index (χ1n) is 9.62. The number of ether oxygens (including phenoxy) is 1. The average Bonchev–Trinajstić information content (AvgIpc) is 2.71. The van der Waals surface area contributed by atoms with Gasteiger partial charge in [-0.15, -0.1) is 0 Å². The second-order valence-electron chi connectivity index (χ2n) is 7.31. The number of hydrogen-bond donors (Lipinski definition) is 1. The van der Waals surface area contributed by atoms with Crippen molar-refractivity contribution in [1.82, 2.24) is 15.2 Å². The first kappa shape index (κ1) is 18.4. The lowest BCUT2D eigenvalue weighted by Gasteiger charge is -2.33. The Kier molecular flexibility index (Phi) is 5.01. The number of aromatic nitrogens is 1. The summed E-state index contributed by atoms with van der Waals surface area (Å²) >= 11 is 0. The molecule has 1 N–H and O–H groups in total. The van der Waals surface area contributed by atoms with E-state index in [1.807, 2.05) is 31.2 Å². The number of nitrogens with one attached hydrogen (secondary N) is 1. The molecule has 28 heavy (non-hydrogen) atoms. The number of pyridine rings is 1. The fraction of sp³-hybridized carbons (Fsp3) is 0.304. The van der Waals surface area contributed by atoms with Crippen LogP contribution in [0.15, 0.2) is 48.5 Å². The number of benzene rings is 2. The smallest absolute Gasteiger partial charge is 0.237 e. The molecule has 3 aromatic rings. The van der Waals surface area contributed by atoms with E-state index in [1.54, 1.807) is 7.11 Å². The molecule has 1 aliphatic rings. The Labute approximate surface area is 165 Å². The highest BCUT2D eigenvalue weighted by atomic mass is 16.5. The zero-order chi connectivity index (χ0) is 19.7. The van der Waals surface area contributed by atoms with Crippen LogP contribution < -0.4 is 10.1 Å². The molecule has 0 saturated carbocycles. The minimum absolute atomic E-state index is 0.0850. The van der Waals surface area contributed by atoms with Crippen molar-refractivity contribution in [1.29, 1.82) is 0 Å². The third kappa shape index (κ3) is 3.45. The Morgan fingerprint density at radius 3 is 2.75 bits per heavy atom. The van der Waals surface area contributed by atoms with E-state index in [0.717, 1.165) is 45.6 Å². The van der Waals surface area contributed by atoms with Gasteiger partial charge in [0, 0.05) is 30.6 Å². The van der Waals surface area contributed by atoms with Crippen LogP contribution in [0, 0.1) is 6.92 Å². The predicted octanol–water partition coefficient (Wildman–Crippen LogP) is 3.54. The monoisotopic (exact) mass is 375 g/mol. The van der Waals surface area contributed by atoms with Gasteiger partial charge in [-0.1, -0.05) is 18.2 Å². The first-order chi connectivity index (χ1) is 13.6. The van der Waals surface area contributed by atoms with Crippen molar-refractivity contribution in [3.63, 3.8) is 0 Å². The van der Waals surface area contributed by atoms with Crippen LogP contribution in [-0.4, -0.2) is 42.0 Å². The summed E-state index contributed by atoms with van der Waals surface area (Å²) < 4.78 is 5.30. The van der Waals surface area contributed by atoms with Gasteiger partial charge in [0.25, 0.3) is 0 Å². The number of amides is 1. The zero-order valence-electron chi connectivity index (χ0n) is 16.5. The summed E-state index contributed by atoms with van der Waals surface area (Å²) in [6.45, 7) is 6.25. The third-order valence-corrected chi connectivity index (χ3v) is 5.49. The SMILES string of the molecule is COc1ccc(-c2nc3c(C)cccc3cc2CN2CCNC(=O)[C@@H]2C)cc1. The number of hydrogen-bond acceptors (Lipinski definition) is 4. The van der Waals surface area contributed by atoms with E-state index in [2.05, 4.69) is 41.4 Å². The van der Waals surface area contributed by atoms with Crippen LogP contribution in [-0.2, 0) is 11.3 Å². The van der Waals surface area contributed by atoms with Gasteiger partial charge in [-0.3, -0.25) is 9.69 Å². The molecular weight excluding hydrogens is 350 g/mol. The number of carbonyl (C=O) groups is 1. The molecule has 0 bridgehead atoms. The fourth-order valence-corrected chi connectivity index (χ4v) is 3.77. The van der Waals surface area contributed by atoms with Gasteiger partial charge in [0.1, 0.15) is 5.75 Å². The van der Waals surface area contributed by atoms with Crippen molar-refractivity contribution in [2.75, 3.05) is 20.2 Å². The van der Waals surface area contributed by atoms with Gasteiger partial charge in [0.2, 0.25) is 5.91 Å². The molecule has 2 aromatic carbocycles. The molecule has 144 valence electrons. The van der Waals surface area contributed by atoms with Crippen LogP contribution in [0.4, 0.5) is 0 Å². The number of methoxy groups -OCH3 is 1. The molecule has 1 amide bonds. The molecular formula is C23H25N3O2. The molecule has 0 spiro atoms. The Morgan fingerprint density at radius 2 is 2.00 bits per heavy atom. The number of para-hydroxylation sites is 1. The van der Waals surface area contributed by atoms with E-state index < -0.39 is 0 Å². The third-order valence-electron chi connectivity index (χ3n) is 5.49. The standard InChI is InChI=1S/C23H25N3O2/c1-15-5-4-6-18-13-19(14-26-12-11-24-23(27)16(26)2)22(25-21(15)18)17-7-9-20(28-3)10-8-17/h4-10,13,16H,11-12,14H2,1-3H3,(H,24,27)/t16-/m0/s1. The van der Waals surface area contributed by atoms with E-state index in [9.17, 15) is 4.79 Å². The van der Waals surface area contributed by atoms with Crippen molar-refractivity contribution in [3.8, 4) is 17.0 Å². The van der Waals surface area contributed by atoms with Gasteiger partial charge >= 0.3 is 0 Å². The lowest BCUT2D eigenvalue weighted by atomic mass is 10.0. The van der Waals surface area contributed by atoms with Crippen molar-refractivity contribution >= 4 is 16.8 Å². The molecule has 4 rings (SSSR count). The number of rotatable bonds is 4. The summed E-state index contributed by atoms with van der Waals surface area (Å²) in [4.78, 5) is 19.3. The number of fused-ring (bicyclic) bond motifs is 1. The second kappa shape index (κ2) is 7.60. The van der Waals surface area contributed by atoms with Gasteiger partial charge in [-0.25, -0.2) is 4.98 Å². The van der Waals surface area contributed by atoms with Crippen LogP contribution in [0.5, 0.6) is 5.75 Å². The van der Waals surface area contributed by atoms with Crippen molar-refractivity contribution in [2.24, 2.45) is 0 Å². The Balaban J connectivity index is 1.81. The van der Waals surface area contributed by atoms with E-state index in [0.29, 0.717) is 13.1 Å². The van der Waals surface area contributed by atoms with Gasteiger partial charge in [-0.05, 0) is 55.3 Å². The maximum atomic E-state index is 12.1. The summed E-state index contributed by atoms with van der Waals surface area (Å²) in [7, 11) is 1.67. The van der Waals surface area contributed by atoms with Crippen LogP contribution in [0.1, 0.15) is 18.1 Å². The summed E-state index contributed by atoms with van der Waals surface area (Å²) in [5, 5.41) is 4.06. The quantitative estimate of drug-likeness (QED) is 0.758. The average molecular weight is 375 g/mol. The van der Waals surface area contributed by atoms with Crippen LogP contribution >= 0.6 is 0 Å². The summed E-state index contributed by atoms with van der Waals surface area (Å²) in [6, 6.07) is 16.3. The van der Waals surface area contributed by atoms with Gasteiger partial charge < -0.3 is 10.1 Å². The highest BCUT2D eigenvalue weighted by Gasteiger charge is 2.26. The van der Waals surface area contributed by atoms with Crippen LogP contribution in [0.3, 0.4) is 0 Å². The topological polar surface area (TPSA) is 54.5 Å². The predicted molar refractivity (Wildman–Crippen MR) is 111 cm³/mol. The minimum Gasteiger partial charge on any atom is -0.497 e. The van der Waals surface area contributed by atoms with Crippen LogP contribution in [0.2, 0.25) is 0 Å². The number of nitrogens with zero attached hydrogens (tertiary/aromatic N) is 2. The van der Waals surface area contributed by atoms with Gasteiger partial charge in [0.15, 0.2) is 0 Å². The van der Waals surface area contributed by atoms with Gasteiger partial charge in [0.05, 0.1) is 24.4 Å². The molecule has 0 unspecified atom stereocenters. The molecule has 5 heteroatoms. The summed E-state index contributed by atoms with van der Waals surface area (Å²) in [5.74, 6) is 0.908. The highest BCUT2D eigenvalue weighted by molar-refractivity contribution is 5.86. The maximum absolute atomic E-state index is 12.1. The lowest BCUT2D eigenvalue weighted by molar-refractivity contribution is -0.128. The largest absolute Gasteiger partial charge is 0.497 e. The van der Waals surface area contributed by atoms with E-state index in [1.165, 1.54) is 0 Å². The fourth-order valence-electron chi connectivity index (χ4n) is 3.77. The van der Waals surface area contributed by atoms with Crippen molar-refractivity contribution in [3.05, 3.63) is 59.7 Å². The molecule has 1 aromatic heterocycles.